The number of rotatable bonds is 4. The van der Waals surface area contributed by atoms with Crippen molar-refractivity contribution in [3.63, 3.8) is 0 Å². The van der Waals surface area contributed by atoms with Crippen LogP contribution < -0.4 is 4.72 Å². The Labute approximate surface area is 106 Å². The van der Waals surface area contributed by atoms with Crippen molar-refractivity contribution in [1.82, 2.24) is 5.16 Å². The molecule has 1 heterocycles. The van der Waals surface area contributed by atoms with Gasteiger partial charge in [0.2, 0.25) is 0 Å². The maximum atomic E-state index is 12.0. The topological polar surface area (TPSA) is 72.2 Å². The summed E-state index contributed by atoms with van der Waals surface area (Å²) in [5.41, 5.74) is 0. The number of sulfonamides is 1. The van der Waals surface area contributed by atoms with Gasteiger partial charge in [-0.05, 0) is 12.1 Å². The van der Waals surface area contributed by atoms with Crippen molar-refractivity contribution in [2.75, 3.05) is 4.72 Å². The van der Waals surface area contributed by atoms with Gasteiger partial charge >= 0.3 is 0 Å². The van der Waals surface area contributed by atoms with Gasteiger partial charge < -0.3 is 4.52 Å². The fourth-order valence-electron chi connectivity index (χ4n) is 1.41. The highest BCUT2D eigenvalue weighted by atomic mass is 32.2. The van der Waals surface area contributed by atoms with Crippen LogP contribution in [0.25, 0.3) is 0 Å². The van der Waals surface area contributed by atoms with Gasteiger partial charge in [0.05, 0.1) is 4.90 Å². The summed E-state index contributed by atoms with van der Waals surface area (Å²) < 4.78 is 31.4. The molecule has 1 N–H and O–H groups in total. The van der Waals surface area contributed by atoms with Crippen molar-refractivity contribution in [3.8, 4) is 0 Å². The van der Waals surface area contributed by atoms with Crippen molar-refractivity contribution in [1.29, 1.82) is 0 Å². The maximum absolute atomic E-state index is 12.0. The molecule has 2 aromatic rings. The first-order valence-corrected chi connectivity index (χ1v) is 7.02. The van der Waals surface area contributed by atoms with Gasteiger partial charge in [0.15, 0.2) is 5.82 Å². The highest BCUT2D eigenvalue weighted by Gasteiger charge is 2.16. The molecule has 6 heteroatoms. The summed E-state index contributed by atoms with van der Waals surface area (Å²) >= 11 is 0. The molecule has 0 saturated heterocycles. The van der Waals surface area contributed by atoms with Crippen molar-refractivity contribution < 1.29 is 12.9 Å². The fraction of sp³-hybridized carbons (Fsp3) is 0.250. The molecular weight excluding hydrogens is 252 g/mol. The number of hydrogen-bond acceptors (Lipinski definition) is 4. The van der Waals surface area contributed by atoms with Crippen LogP contribution >= 0.6 is 0 Å². The van der Waals surface area contributed by atoms with Crippen LogP contribution in [0, 0.1) is 0 Å². The summed E-state index contributed by atoms with van der Waals surface area (Å²) in [7, 11) is -3.60. The molecule has 0 unspecified atom stereocenters. The van der Waals surface area contributed by atoms with E-state index in [1.165, 1.54) is 12.1 Å². The minimum atomic E-state index is -3.60. The minimum absolute atomic E-state index is 0.160. The number of nitrogens with one attached hydrogen (secondary N) is 1. The van der Waals surface area contributed by atoms with Crippen LogP contribution in [0.3, 0.4) is 0 Å². The zero-order valence-corrected chi connectivity index (χ0v) is 10.9. The second kappa shape index (κ2) is 4.81. The molecule has 18 heavy (non-hydrogen) atoms. The Hall–Kier alpha value is -1.82. The van der Waals surface area contributed by atoms with Gasteiger partial charge in [0.1, 0.15) is 5.76 Å². The van der Waals surface area contributed by atoms with E-state index in [1.807, 2.05) is 13.8 Å². The number of hydrogen-bond donors (Lipinski definition) is 1. The first-order valence-electron chi connectivity index (χ1n) is 5.53. The Morgan fingerprint density at radius 3 is 2.44 bits per heavy atom. The summed E-state index contributed by atoms with van der Waals surface area (Å²) in [6.45, 7) is 3.88. The number of aromatic nitrogens is 1. The second-order valence-corrected chi connectivity index (χ2v) is 5.87. The second-order valence-electron chi connectivity index (χ2n) is 4.19. The quantitative estimate of drug-likeness (QED) is 0.923. The smallest absolute Gasteiger partial charge is 0.263 e. The molecule has 0 fully saturated rings. The molecule has 96 valence electrons. The largest absolute Gasteiger partial charge is 0.359 e. The summed E-state index contributed by atoms with van der Waals surface area (Å²) in [6.07, 6.45) is 0. The Bertz CT molecular complexity index is 618. The standard InChI is InChI=1S/C12H14N2O3S/c1-9(2)11-8-12(13-17-11)14-18(15,16)10-6-4-3-5-7-10/h3-9H,1-2H3,(H,13,14). The molecule has 0 saturated carbocycles. The molecule has 0 bridgehead atoms. The van der Waals surface area contributed by atoms with E-state index in [2.05, 4.69) is 9.88 Å². The van der Waals surface area contributed by atoms with Crippen LogP contribution in [-0.4, -0.2) is 13.6 Å². The lowest BCUT2D eigenvalue weighted by Crippen LogP contribution is -2.12. The highest BCUT2D eigenvalue weighted by Crippen LogP contribution is 2.20. The van der Waals surface area contributed by atoms with Crippen molar-refractivity contribution >= 4 is 15.8 Å². The van der Waals surface area contributed by atoms with Gasteiger partial charge in [-0.15, -0.1) is 0 Å². The molecule has 0 spiro atoms. The van der Waals surface area contributed by atoms with Crippen LogP contribution in [0.5, 0.6) is 0 Å². The first-order chi connectivity index (χ1) is 8.49. The van der Waals surface area contributed by atoms with Gasteiger partial charge in [-0.2, -0.15) is 0 Å². The predicted molar refractivity (Wildman–Crippen MR) is 67.8 cm³/mol. The highest BCUT2D eigenvalue weighted by molar-refractivity contribution is 7.92. The number of nitrogens with zero attached hydrogens (tertiary/aromatic N) is 1. The molecule has 0 amide bonds. The van der Waals surface area contributed by atoms with Gasteiger partial charge in [-0.25, -0.2) is 8.42 Å². The molecule has 0 aliphatic heterocycles. The monoisotopic (exact) mass is 266 g/mol. The summed E-state index contributed by atoms with van der Waals surface area (Å²) in [5, 5.41) is 3.68. The molecule has 0 aliphatic rings. The zero-order chi connectivity index (χ0) is 13.2. The van der Waals surface area contributed by atoms with Gasteiger partial charge in [-0.1, -0.05) is 37.2 Å². The zero-order valence-electron chi connectivity index (χ0n) is 10.1. The first kappa shape index (κ1) is 12.6. The van der Waals surface area contributed by atoms with Gasteiger partial charge in [0, 0.05) is 12.0 Å². The Morgan fingerprint density at radius 1 is 1.22 bits per heavy atom. The van der Waals surface area contributed by atoms with Gasteiger partial charge in [-0.3, -0.25) is 4.72 Å². The Balaban J connectivity index is 2.23. The molecule has 2 rings (SSSR count). The van der Waals surface area contributed by atoms with Crippen molar-refractivity contribution in [3.05, 3.63) is 42.2 Å². The third-order valence-corrected chi connectivity index (χ3v) is 3.76. The lowest BCUT2D eigenvalue weighted by molar-refractivity contribution is 0.373. The van der Waals surface area contributed by atoms with Crippen LogP contribution in [-0.2, 0) is 10.0 Å². The normalized spacial score (nSPS) is 11.7. The van der Waals surface area contributed by atoms with Gasteiger partial charge in [0.25, 0.3) is 10.0 Å². The van der Waals surface area contributed by atoms with E-state index in [4.69, 9.17) is 4.52 Å². The molecule has 0 radical (unpaired) electrons. The summed E-state index contributed by atoms with van der Waals surface area (Å²) in [4.78, 5) is 0.194. The average Bonchev–Trinajstić information content (AvgIpc) is 2.78. The summed E-state index contributed by atoms with van der Waals surface area (Å²) in [6, 6.07) is 9.71. The summed E-state index contributed by atoms with van der Waals surface area (Å²) in [5.74, 6) is 0.996. The lowest BCUT2D eigenvalue weighted by Gasteiger charge is -2.03. The molecular formula is C12H14N2O3S. The Kier molecular flexibility index (Phi) is 3.38. The van der Waals surface area contributed by atoms with E-state index < -0.39 is 10.0 Å². The Morgan fingerprint density at radius 2 is 1.89 bits per heavy atom. The lowest BCUT2D eigenvalue weighted by atomic mass is 10.2. The minimum Gasteiger partial charge on any atom is -0.359 e. The third-order valence-electron chi connectivity index (χ3n) is 2.39. The SMILES string of the molecule is CC(C)c1cc(NS(=O)(=O)c2ccccc2)no1. The third kappa shape index (κ3) is 2.70. The van der Waals surface area contributed by atoms with E-state index in [0.29, 0.717) is 5.76 Å². The maximum Gasteiger partial charge on any atom is 0.263 e. The molecule has 0 atom stereocenters. The van der Waals surface area contributed by atoms with Crippen LogP contribution in [0.2, 0.25) is 0 Å². The molecule has 0 aliphatic carbocycles. The average molecular weight is 266 g/mol. The van der Waals surface area contributed by atoms with Crippen LogP contribution in [0.15, 0.2) is 45.8 Å². The number of benzene rings is 1. The van der Waals surface area contributed by atoms with E-state index in [0.717, 1.165) is 0 Å². The van der Waals surface area contributed by atoms with Crippen molar-refractivity contribution in [2.24, 2.45) is 0 Å². The van der Waals surface area contributed by atoms with Crippen LogP contribution in [0.1, 0.15) is 25.5 Å². The van der Waals surface area contributed by atoms with E-state index in [-0.39, 0.29) is 16.6 Å². The predicted octanol–water partition coefficient (Wildman–Crippen LogP) is 2.60. The number of anilines is 1. The molecule has 1 aromatic heterocycles. The van der Waals surface area contributed by atoms with E-state index >= 15 is 0 Å². The van der Waals surface area contributed by atoms with E-state index in [9.17, 15) is 8.42 Å². The van der Waals surface area contributed by atoms with E-state index in [1.54, 1.807) is 24.3 Å². The molecule has 1 aromatic carbocycles. The fourth-order valence-corrected chi connectivity index (χ4v) is 2.41. The van der Waals surface area contributed by atoms with Crippen LogP contribution in [0.4, 0.5) is 5.82 Å². The molecule has 5 nitrogen and oxygen atoms in total. The van der Waals surface area contributed by atoms with Crippen molar-refractivity contribution in [2.45, 2.75) is 24.7 Å².